The molecular formula is C32H21F5N2O5. The van der Waals surface area contributed by atoms with E-state index in [-0.39, 0.29) is 39.0 Å². The molecule has 0 fully saturated rings. The SMILES string of the molecule is COc1ccc2[nH]c(C(=O)O)c(-c3ccccc3F)c2c1.O=C(O)c1[nH]c2ccc(C(F)(F)F)cc2c1-c1ccccc1F. The van der Waals surface area contributed by atoms with Gasteiger partial charge in [0.2, 0.25) is 0 Å². The molecule has 6 aromatic rings. The van der Waals surface area contributed by atoms with Crippen LogP contribution in [0.15, 0.2) is 84.9 Å². The lowest BCUT2D eigenvalue weighted by molar-refractivity contribution is -0.137. The number of aromatic nitrogens is 2. The molecule has 7 nitrogen and oxygen atoms in total. The van der Waals surface area contributed by atoms with Crippen LogP contribution in [0.2, 0.25) is 0 Å². The largest absolute Gasteiger partial charge is 0.497 e. The summed E-state index contributed by atoms with van der Waals surface area (Å²) in [5.74, 6) is -3.12. The summed E-state index contributed by atoms with van der Waals surface area (Å²) in [7, 11) is 1.52. The van der Waals surface area contributed by atoms with Gasteiger partial charge >= 0.3 is 18.1 Å². The van der Waals surface area contributed by atoms with E-state index in [1.54, 1.807) is 36.4 Å². The molecule has 0 spiro atoms. The van der Waals surface area contributed by atoms with E-state index < -0.39 is 35.3 Å². The van der Waals surface area contributed by atoms with Gasteiger partial charge < -0.3 is 24.9 Å². The van der Waals surface area contributed by atoms with Crippen molar-refractivity contribution in [1.29, 1.82) is 0 Å². The van der Waals surface area contributed by atoms with Gasteiger partial charge in [0.1, 0.15) is 28.8 Å². The molecule has 6 rings (SSSR count). The van der Waals surface area contributed by atoms with Crippen molar-refractivity contribution < 1.29 is 46.5 Å². The van der Waals surface area contributed by atoms with E-state index in [0.717, 1.165) is 24.3 Å². The number of hydrogen-bond acceptors (Lipinski definition) is 3. The minimum absolute atomic E-state index is 0.00215. The monoisotopic (exact) mass is 608 g/mol. The fourth-order valence-corrected chi connectivity index (χ4v) is 4.87. The highest BCUT2D eigenvalue weighted by molar-refractivity contribution is 6.08. The summed E-state index contributed by atoms with van der Waals surface area (Å²) in [6, 6.07) is 19.4. The molecule has 12 heteroatoms. The van der Waals surface area contributed by atoms with E-state index in [1.165, 1.54) is 31.4 Å². The highest BCUT2D eigenvalue weighted by Crippen LogP contribution is 2.38. The summed E-state index contributed by atoms with van der Waals surface area (Å²) in [6.45, 7) is 0. The van der Waals surface area contributed by atoms with Gasteiger partial charge in [-0.2, -0.15) is 13.2 Å². The lowest BCUT2D eigenvalue weighted by Crippen LogP contribution is -2.04. The van der Waals surface area contributed by atoms with Gasteiger partial charge in [0.15, 0.2) is 0 Å². The maximum atomic E-state index is 14.1. The van der Waals surface area contributed by atoms with E-state index >= 15 is 0 Å². The second kappa shape index (κ2) is 11.6. The number of aromatic carboxylic acids is 2. The number of hydrogen-bond donors (Lipinski definition) is 4. The van der Waals surface area contributed by atoms with Crippen LogP contribution in [-0.2, 0) is 6.18 Å². The standard InChI is InChI=1S/C16H9F4NO2.C16H12FNO3/c17-11-4-2-1-3-9(11)13-10-7-8(16(18,19)20)5-6-12(10)21-14(13)15(22)23;1-21-9-6-7-13-11(8-9)14(15(18-13)16(19)20)10-4-2-3-5-12(10)17/h1-7,21H,(H,22,23);2-8,18H,1H3,(H,19,20). The maximum absolute atomic E-state index is 14.1. The summed E-state index contributed by atoms with van der Waals surface area (Å²) in [5.41, 5.74) is -0.123. The summed E-state index contributed by atoms with van der Waals surface area (Å²) in [6.07, 6.45) is -4.58. The van der Waals surface area contributed by atoms with Crippen molar-refractivity contribution in [2.75, 3.05) is 7.11 Å². The van der Waals surface area contributed by atoms with Gasteiger partial charge in [-0.15, -0.1) is 0 Å². The smallest absolute Gasteiger partial charge is 0.416 e. The van der Waals surface area contributed by atoms with E-state index in [9.17, 15) is 41.8 Å². The molecule has 44 heavy (non-hydrogen) atoms. The molecule has 0 aliphatic rings. The lowest BCUT2D eigenvalue weighted by atomic mass is 10.00. The predicted octanol–water partition coefficient (Wildman–Crippen LogP) is 8.37. The molecule has 4 N–H and O–H groups in total. The van der Waals surface area contributed by atoms with Gasteiger partial charge in [0.25, 0.3) is 0 Å². The van der Waals surface area contributed by atoms with Crippen LogP contribution in [0.4, 0.5) is 22.0 Å². The molecule has 0 radical (unpaired) electrons. The Labute approximate surface area is 245 Å². The van der Waals surface area contributed by atoms with E-state index in [4.69, 9.17) is 4.74 Å². The number of nitrogens with one attached hydrogen (secondary N) is 2. The zero-order valence-corrected chi connectivity index (χ0v) is 22.6. The van der Waals surface area contributed by atoms with Crippen LogP contribution in [0, 0.1) is 11.6 Å². The molecule has 224 valence electrons. The van der Waals surface area contributed by atoms with Crippen LogP contribution >= 0.6 is 0 Å². The number of halogens is 5. The van der Waals surface area contributed by atoms with Crippen molar-refractivity contribution in [2.24, 2.45) is 0 Å². The van der Waals surface area contributed by atoms with Crippen LogP contribution < -0.4 is 4.74 Å². The van der Waals surface area contributed by atoms with Crippen molar-refractivity contribution >= 4 is 33.7 Å². The van der Waals surface area contributed by atoms with Crippen LogP contribution in [0.25, 0.3) is 44.1 Å². The van der Waals surface area contributed by atoms with Crippen LogP contribution in [-0.4, -0.2) is 39.2 Å². The molecule has 0 saturated heterocycles. The van der Waals surface area contributed by atoms with Gasteiger partial charge in [0, 0.05) is 44.1 Å². The fourth-order valence-electron chi connectivity index (χ4n) is 4.87. The van der Waals surface area contributed by atoms with Gasteiger partial charge in [-0.3, -0.25) is 0 Å². The summed E-state index contributed by atoms with van der Waals surface area (Å²) in [4.78, 5) is 28.2. The summed E-state index contributed by atoms with van der Waals surface area (Å²) < 4.78 is 71.9. The van der Waals surface area contributed by atoms with Crippen LogP contribution in [0.3, 0.4) is 0 Å². The molecule has 0 aliphatic carbocycles. The lowest BCUT2D eigenvalue weighted by Gasteiger charge is -2.08. The van der Waals surface area contributed by atoms with E-state index in [0.29, 0.717) is 22.2 Å². The number of carboxylic acid groups (broad SMARTS) is 2. The van der Waals surface area contributed by atoms with E-state index in [1.807, 2.05) is 0 Å². The number of aromatic amines is 2. The Morgan fingerprint density at radius 2 is 1.14 bits per heavy atom. The maximum Gasteiger partial charge on any atom is 0.416 e. The van der Waals surface area contributed by atoms with Crippen molar-refractivity contribution in [2.45, 2.75) is 6.18 Å². The molecule has 0 bridgehead atoms. The second-order valence-corrected chi connectivity index (χ2v) is 9.49. The van der Waals surface area contributed by atoms with Gasteiger partial charge in [0.05, 0.1) is 12.7 Å². The Kier molecular flexibility index (Phi) is 7.83. The fraction of sp³-hybridized carbons (Fsp3) is 0.0625. The average Bonchev–Trinajstić information content (AvgIpc) is 3.56. The highest BCUT2D eigenvalue weighted by Gasteiger charge is 2.32. The number of fused-ring (bicyclic) bond motifs is 2. The summed E-state index contributed by atoms with van der Waals surface area (Å²) in [5, 5.41) is 19.2. The minimum Gasteiger partial charge on any atom is -0.497 e. The molecule has 0 unspecified atom stereocenters. The van der Waals surface area contributed by atoms with Crippen molar-refractivity contribution in [1.82, 2.24) is 9.97 Å². The third kappa shape index (κ3) is 5.56. The molecule has 0 amide bonds. The number of carbonyl (C=O) groups is 2. The van der Waals surface area contributed by atoms with Crippen molar-refractivity contribution in [3.8, 4) is 28.0 Å². The van der Waals surface area contributed by atoms with Gasteiger partial charge in [-0.1, -0.05) is 36.4 Å². The molecule has 0 saturated carbocycles. The van der Waals surface area contributed by atoms with Crippen LogP contribution in [0.1, 0.15) is 26.5 Å². The number of ether oxygens (including phenoxy) is 1. The first-order valence-electron chi connectivity index (χ1n) is 12.8. The first-order chi connectivity index (χ1) is 20.9. The number of carboxylic acids is 2. The number of methoxy groups -OCH3 is 1. The zero-order valence-electron chi connectivity index (χ0n) is 22.6. The molecule has 0 aliphatic heterocycles. The molecule has 0 atom stereocenters. The van der Waals surface area contributed by atoms with Crippen molar-refractivity contribution in [3.05, 3.63) is 114 Å². The summed E-state index contributed by atoms with van der Waals surface area (Å²) >= 11 is 0. The molecule has 2 heterocycles. The Morgan fingerprint density at radius 3 is 1.57 bits per heavy atom. The Morgan fingerprint density at radius 1 is 0.682 bits per heavy atom. The van der Waals surface area contributed by atoms with Gasteiger partial charge in [-0.05, 0) is 48.5 Å². The zero-order chi connectivity index (χ0) is 31.8. The Balaban J connectivity index is 0.000000175. The molecular weight excluding hydrogens is 587 g/mol. The van der Waals surface area contributed by atoms with Crippen LogP contribution in [0.5, 0.6) is 5.75 Å². The first kappa shape index (κ1) is 29.8. The highest BCUT2D eigenvalue weighted by atomic mass is 19.4. The molecule has 2 aromatic heterocycles. The topological polar surface area (TPSA) is 115 Å². The quantitative estimate of drug-likeness (QED) is 0.147. The van der Waals surface area contributed by atoms with Crippen molar-refractivity contribution in [3.63, 3.8) is 0 Å². The predicted molar refractivity (Wildman–Crippen MR) is 153 cm³/mol. The van der Waals surface area contributed by atoms with Gasteiger partial charge in [-0.25, -0.2) is 18.4 Å². The van der Waals surface area contributed by atoms with E-state index in [2.05, 4.69) is 9.97 Å². The normalized spacial score (nSPS) is 11.3. The third-order valence-corrected chi connectivity index (χ3v) is 6.85. The molecule has 4 aromatic carbocycles. The second-order valence-electron chi connectivity index (χ2n) is 9.49. The number of H-pyrrole nitrogens is 2. The number of rotatable bonds is 5. The number of benzene rings is 4. The third-order valence-electron chi connectivity index (χ3n) is 6.85. The minimum atomic E-state index is -4.58. The Bertz CT molecular complexity index is 2040. The first-order valence-corrected chi connectivity index (χ1v) is 12.8. The Hall–Kier alpha value is -5.65. The number of alkyl halides is 3. The average molecular weight is 609 g/mol.